The Morgan fingerprint density at radius 3 is 2.71 bits per heavy atom. The zero-order chi connectivity index (χ0) is 12.1. The van der Waals surface area contributed by atoms with Gasteiger partial charge in [-0.05, 0) is 18.1 Å². The van der Waals surface area contributed by atoms with Crippen LogP contribution in [0.2, 0.25) is 0 Å². The lowest BCUT2D eigenvalue weighted by Crippen LogP contribution is -2.03. The first-order chi connectivity index (χ1) is 8.29. The molecule has 0 amide bonds. The van der Waals surface area contributed by atoms with Crippen molar-refractivity contribution in [2.45, 2.75) is 26.9 Å². The van der Waals surface area contributed by atoms with Crippen LogP contribution in [0.5, 0.6) is 0 Å². The molecule has 0 fully saturated rings. The van der Waals surface area contributed by atoms with Crippen LogP contribution in [0.1, 0.15) is 16.8 Å². The lowest BCUT2D eigenvalue weighted by molar-refractivity contribution is 0.0555. The molecule has 1 heterocycles. The summed E-state index contributed by atoms with van der Waals surface area (Å²) in [5, 5.41) is 13.2. The molecule has 0 unspecified atom stereocenters. The number of hydrogen-bond acceptors (Lipinski definition) is 3. The highest BCUT2D eigenvalue weighted by molar-refractivity contribution is 5.14. The summed E-state index contributed by atoms with van der Waals surface area (Å²) in [5.41, 5.74) is 2.82. The normalized spacial score (nSPS) is 10.7. The lowest BCUT2D eigenvalue weighted by atomic mass is 10.2. The second kappa shape index (κ2) is 5.61. The molecule has 1 N–H and O–H groups in total. The van der Waals surface area contributed by atoms with Gasteiger partial charge in [0.25, 0.3) is 0 Å². The maximum Gasteiger partial charge on any atom is 0.139 e. The fourth-order valence-corrected chi connectivity index (χ4v) is 1.61. The highest BCUT2D eigenvalue weighted by atomic mass is 16.5. The third-order valence-corrected chi connectivity index (χ3v) is 2.53. The first-order valence-electron chi connectivity index (χ1n) is 5.55. The van der Waals surface area contributed by atoms with Crippen molar-refractivity contribution in [1.82, 2.24) is 9.78 Å². The molecule has 17 heavy (non-hydrogen) atoms. The van der Waals surface area contributed by atoms with Crippen molar-refractivity contribution in [3.05, 3.63) is 53.3 Å². The highest BCUT2D eigenvalue weighted by Crippen LogP contribution is 2.06. The zero-order valence-corrected chi connectivity index (χ0v) is 9.84. The maximum atomic E-state index is 9.02. The SMILES string of the molecule is Cc1cn(COCc2ccccc2)nc1CO. The molecule has 4 heteroatoms. The Labute approximate surface area is 100 Å². The number of hydrogen-bond donors (Lipinski definition) is 1. The minimum atomic E-state index is -0.0302. The van der Waals surface area contributed by atoms with E-state index in [2.05, 4.69) is 5.10 Å². The molecule has 0 saturated carbocycles. The average molecular weight is 232 g/mol. The van der Waals surface area contributed by atoms with Gasteiger partial charge in [-0.2, -0.15) is 5.10 Å². The van der Waals surface area contributed by atoms with E-state index in [9.17, 15) is 0 Å². The van der Waals surface area contributed by atoms with Crippen LogP contribution in [-0.4, -0.2) is 14.9 Å². The van der Waals surface area contributed by atoms with Gasteiger partial charge in [-0.15, -0.1) is 0 Å². The molecular formula is C13H16N2O2. The number of ether oxygens (including phenoxy) is 1. The molecule has 0 atom stereocenters. The fourth-order valence-electron chi connectivity index (χ4n) is 1.61. The van der Waals surface area contributed by atoms with Crippen molar-refractivity contribution < 1.29 is 9.84 Å². The molecule has 0 aliphatic rings. The number of nitrogens with zero attached hydrogens (tertiary/aromatic N) is 2. The van der Waals surface area contributed by atoms with Crippen molar-refractivity contribution in [2.24, 2.45) is 0 Å². The summed E-state index contributed by atoms with van der Waals surface area (Å²) < 4.78 is 7.24. The van der Waals surface area contributed by atoms with E-state index >= 15 is 0 Å². The standard InChI is InChI=1S/C13H16N2O2/c1-11-7-15(14-13(11)8-16)10-17-9-12-5-3-2-4-6-12/h2-7,16H,8-10H2,1H3. The van der Waals surface area contributed by atoms with E-state index in [0.717, 1.165) is 11.1 Å². The van der Waals surface area contributed by atoms with Crippen LogP contribution in [0.15, 0.2) is 36.5 Å². The van der Waals surface area contributed by atoms with Gasteiger partial charge >= 0.3 is 0 Å². The molecule has 0 aliphatic carbocycles. The number of rotatable bonds is 5. The number of aliphatic hydroxyl groups is 1. The minimum Gasteiger partial charge on any atom is -0.390 e. The third-order valence-electron chi connectivity index (χ3n) is 2.53. The summed E-state index contributed by atoms with van der Waals surface area (Å²) in [6.07, 6.45) is 1.87. The van der Waals surface area contributed by atoms with E-state index in [1.807, 2.05) is 43.5 Å². The predicted molar refractivity (Wildman–Crippen MR) is 64.1 cm³/mol. The Morgan fingerprint density at radius 1 is 1.29 bits per heavy atom. The van der Waals surface area contributed by atoms with Crippen molar-refractivity contribution >= 4 is 0 Å². The molecule has 0 saturated heterocycles. The number of aryl methyl sites for hydroxylation is 1. The number of aromatic nitrogens is 2. The molecule has 90 valence electrons. The van der Waals surface area contributed by atoms with Crippen molar-refractivity contribution in [1.29, 1.82) is 0 Å². The first kappa shape index (κ1) is 11.8. The summed E-state index contributed by atoms with van der Waals surface area (Å²) in [5.74, 6) is 0. The van der Waals surface area contributed by atoms with E-state index in [1.54, 1.807) is 4.68 Å². The van der Waals surface area contributed by atoms with Crippen LogP contribution in [0.25, 0.3) is 0 Å². The molecule has 2 aromatic rings. The minimum absolute atomic E-state index is 0.0302. The van der Waals surface area contributed by atoms with Gasteiger partial charge in [-0.25, -0.2) is 4.68 Å². The smallest absolute Gasteiger partial charge is 0.139 e. The van der Waals surface area contributed by atoms with Crippen LogP contribution in [0.3, 0.4) is 0 Å². The molecule has 0 spiro atoms. The lowest BCUT2D eigenvalue weighted by Gasteiger charge is -2.04. The highest BCUT2D eigenvalue weighted by Gasteiger charge is 2.03. The van der Waals surface area contributed by atoms with Gasteiger partial charge in [0.15, 0.2) is 0 Å². The first-order valence-corrected chi connectivity index (χ1v) is 5.55. The van der Waals surface area contributed by atoms with Crippen LogP contribution >= 0.6 is 0 Å². The maximum absolute atomic E-state index is 9.02. The Morgan fingerprint density at radius 2 is 2.06 bits per heavy atom. The van der Waals surface area contributed by atoms with E-state index in [4.69, 9.17) is 9.84 Å². The number of aliphatic hydroxyl groups excluding tert-OH is 1. The second-order valence-corrected chi connectivity index (χ2v) is 3.92. The molecule has 0 bridgehead atoms. The third kappa shape index (κ3) is 3.15. The molecule has 2 rings (SSSR count). The molecule has 1 aromatic carbocycles. The monoisotopic (exact) mass is 232 g/mol. The molecular weight excluding hydrogens is 216 g/mol. The topological polar surface area (TPSA) is 47.3 Å². The second-order valence-electron chi connectivity index (χ2n) is 3.92. The summed E-state index contributed by atoms with van der Waals surface area (Å²) in [7, 11) is 0. The summed E-state index contributed by atoms with van der Waals surface area (Å²) >= 11 is 0. The van der Waals surface area contributed by atoms with Crippen LogP contribution < -0.4 is 0 Å². The quantitative estimate of drug-likeness (QED) is 0.856. The average Bonchev–Trinajstić information content (AvgIpc) is 2.71. The van der Waals surface area contributed by atoms with E-state index in [0.29, 0.717) is 19.0 Å². The van der Waals surface area contributed by atoms with Gasteiger partial charge in [-0.1, -0.05) is 30.3 Å². The van der Waals surface area contributed by atoms with Gasteiger partial charge < -0.3 is 9.84 Å². The van der Waals surface area contributed by atoms with Gasteiger partial charge in [0, 0.05) is 6.20 Å². The van der Waals surface area contributed by atoms with Crippen LogP contribution in [0, 0.1) is 6.92 Å². The van der Waals surface area contributed by atoms with Crippen LogP contribution in [0.4, 0.5) is 0 Å². The van der Waals surface area contributed by atoms with E-state index < -0.39 is 0 Å². The Kier molecular flexibility index (Phi) is 3.90. The van der Waals surface area contributed by atoms with Gasteiger partial charge in [-0.3, -0.25) is 0 Å². The predicted octanol–water partition coefficient (Wildman–Crippen LogP) is 1.86. The molecule has 4 nitrogen and oxygen atoms in total. The summed E-state index contributed by atoms with van der Waals surface area (Å²) in [6.45, 7) is 2.85. The van der Waals surface area contributed by atoms with E-state index in [-0.39, 0.29) is 6.61 Å². The summed E-state index contributed by atoms with van der Waals surface area (Å²) in [4.78, 5) is 0. The largest absolute Gasteiger partial charge is 0.390 e. The van der Waals surface area contributed by atoms with Crippen molar-refractivity contribution in [3.63, 3.8) is 0 Å². The van der Waals surface area contributed by atoms with Gasteiger partial charge in [0.05, 0.1) is 18.9 Å². The summed E-state index contributed by atoms with van der Waals surface area (Å²) in [6, 6.07) is 10.00. The fraction of sp³-hybridized carbons (Fsp3) is 0.308. The Hall–Kier alpha value is -1.65. The Balaban J connectivity index is 1.86. The van der Waals surface area contributed by atoms with E-state index in [1.165, 1.54) is 0 Å². The molecule has 0 aliphatic heterocycles. The van der Waals surface area contributed by atoms with Crippen molar-refractivity contribution in [3.8, 4) is 0 Å². The van der Waals surface area contributed by atoms with Gasteiger partial charge in [0.1, 0.15) is 6.73 Å². The molecule has 0 radical (unpaired) electrons. The molecule has 1 aromatic heterocycles. The van der Waals surface area contributed by atoms with Crippen LogP contribution in [-0.2, 0) is 24.7 Å². The van der Waals surface area contributed by atoms with Gasteiger partial charge in [0.2, 0.25) is 0 Å². The number of benzene rings is 1. The van der Waals surface area contributed by atoms with Crippen molar-refractivity contribution in [2.75, 3.05) is 0 Å². The zero-order valence-electron chi connectivity index (χ0n) is 9.84. The Bertz CT molecular complexity index is 466.